The number of imidazole rings is 1. The number of hydrogen-bond acceptors (Lipinski definition) is 5. The number of anilines is 1. The summed E-state index contributed by atoms with van der Waals surface area (Å²) in [6, 6.07) is 7.27. The number of fused-ring (bicyclic) bond motifs is 1. The first kappa shape index (κ1) is 18.6. The summed E-state index contributed by atoms with van der Waals surface area (Å²) in [6.45, 7) is 0. The molecule has 0 spiro atoms. The van der Waals surface area contributed by atoms with Crippen molar-refractivity contribution in [3.63, 3.8) is 0 Å². The molecule has 4 rings (SSSR count). The number of sulfonamides is 1. The molecular formula is C17H12Cl2N4O4S. The first-order valence-electron chi connectivity index (χ1n) is 7.86. The van der Waals surface area contributed by atoms with Crippen LogP contribution in [0.3, 0.4) is 0 Å². The van der Waals surface area contributed by atoms with Gasteiger partial charge in [-0.25, -0.2) is 18.2 Å². The Morgan fingerprint density at radius 2 is 1.93 bits per heavy atom. The molecule has 8 nitrogen and oxygen atoms in total. The van der Waals surface area contributed by atoms with E-state index in [1.807, 2.05) is 0 Å². The van der Waals surface area contributed by atoms with Crippen LogP contribution in [0.5, 0.6) is 0 Å². The predicted molar refractivity (Wildman–Crippen MR) is 106 cm³/mol. The first-order valence-corrected chi connectivity index (χ1v) is 10.1. The van der Waals surface area contributed by atoms with Crippen LogP contribution in [0.4, 0.5) is 5.69 Å². The molecule has 0 aliphatic heterocycles. The lowest BCUT2D eigenvalue weighted by molar-refractivity contribution is 0.527. The lowest BCUT2D eigenvalue weighted by atomic mass is 10.3. The molecule has 0 atom stereocenters. The number of halogens is 2. The van der Waals surface area contributed by atoms with Crippen LogP contribution in [0, 0.1) is 0 Å². The Hall–Kier alpha value is -2.75. The monoisotopic (exact) mass is 438 g/mol. The third-order valence-corrected chi connectivity index (χ3v) is 6.27. The molecule has 1 N–H and O–H groups in total. The lowest BCUT2D eigenvalue weighted by Crippen LogP contribution is -2.13. The quantitative estimate of drug-likeness (QED) is 0.526. The van der Waals surface area contributed by atoms with E-state index in [2.05, 4.69) is 9.71 Å². The van der Waals surface area contributed by atoms with Gasteiger partial charge in [-0.3, -0.25) is 9.29 Å². The lowest BCUT2D eigenvalue weighted by Gasteiger charge is -2.12. The first-order chi connectivity index (χ1) is 13.3. The molecule has 2 heterocycles. The molecule has 0 aliphatic carbocycles. The predicted octanol–water partition coefficient (Wildman–Crippen LogP) is 3.42. The van der Waals surface area contributed by atoms with Crippen molar-refractivity contribution in [2.24, 2.45) is 7.05 Å². The summed E-state index contributed by atoms with van der Waals surface area (Å²) in [5, 5.41) is 0.284. The van der Waals surface area contributed by atoms with Crippen molar-refractivity contribution in [2.75, 3.05) is 4.72 Å². The molecule has 0 bridgehead atoms. The van der Waals surface area contributed by atoms with Crippen molar-refractivity contribution in [3.05, 3.63) is 69.6 Å². The second kappa shape index (κ2) is 6.69. The summed E-state index contributed by atoms with van der Waals surface area (Å²) in [5.41, 5.74) is 1.40. The third kappa shape index (κ3) is 3.17. The Labute approximate surface area is 169 Å². The van der Waals surface area contributed by atoms with E-state index < -0.39 is 15.8 Å². The van der Waals surface area contributed by atoms with Gasteiger partial charge < -0.3 is 8.98 Å². The molecule has 11 heteroatoms. The fourth-order valence-corrected chi connectivity index (χ4v) is 4.59. The third-order valence-electron chi connectivity index (χ3n) is 4.12. The van der Waals surface area contributed by atoms with Crippen LogP contribution in [0.25, 0.3) is 16.8 Å². The highest BCUT2D eigenvalue weighted by Crippen LogP contribution is 2.30. The maximum absolute atomic E-state index is 12.8. The zero-order chi connectivity index (χ0) is 20.1. The molecule has 0 radical (unpaired) electrons. The van der Waals surface area contributed by atoms with E-state index in [0.29, 0.717) is 16.2 Å². The minimum absolute atomic E-state index is 0.0440. The summed E-state index contributed by atoms with van der Waals surface area (Å²) < 4.78 is 36.0. The molecular weight excluding hydrogens is 427 g/mol. The number of benzene rings is 2. The Morgan fingerprint density at radius 1 is 1.14 bits per heavy atom. The van der Waals surface area contributed by atoms with E-state index in [1.54, 1.807) is 35.4 Å². The highest BCUT2D eigenvalue weighted by atomic mass is 35.5. The standard InChI is InChI=1S/C17H12Cl2N4O4S/c1-22-14-7-12(19)16(8-15(14)27-17(22)24)28(25,26)21-10-2-3-13(11(18)6-10)23-5-4-20-9-23/h2-9,21H,1H3. The average molecular weight is 439 g/mol. The van der Waals surface area contributed by atoms with E-state index in [-0.39, 0.29) is 21.2 Å². The summed E-state index contributed by atoms with van der Waals surface area (Å²) in [4.78, 5) is 15.4. The smallest absolute Gasteiger partial charge is 0.408 e. The van der Waals surface area contributed by atoms with Gasteiger partial charge in [-0.1, -0.05) is 23.2 Å². The van der Waals surface area contributed by atoms with Gasteiger partial charge in [0.15, 0.2) is 5.58 Å². The van der Waals surface area contributed by atoms with Gasteiger partial charge in [-0.05, 0) is 24.3 Å². The van der Waals surface area contributed by atoms with Gasteiger partial charge in [-0.15, -0.1) is 0 Å². The zero-order valence-electron chi connectivity index (χ0n) is 14.3. The summed E-state index contributed by atoms with van der Waals surface area (Å²) in [5.74, 6) is -0.615. The van der Waals surface area contributed by atoms with Crippen LogP contribution in [0.15, 0.2) is 63.2 Å². The summed E-state index contributed by atoms with van der Waals surface area (Å²) >= 11 is 12.4. The normalized spacial score (nSPS) is 11.8. The highest BCUT2D eigenvalue weighted by Gasteiger charge is 2.22. The van der Waals surface area contributed by atoms with Gasteiger partial charge in [0.05, 0.1) is 33.3 Å². The summed E-state index contributed by atoms with van der Waals surface area (Å²) in [7, 11) is -2.55. The summed E-state index contributed by atoms with van der Waals surface area (Å²) in [6.07, 6.45) is 4.90. The van der Waals surface area contributed by atoms with Crippen molar-refractivity contribution in [2.45, 2.75) is 4.90 Å². The minimum atomic E-state index is -4.05. The van der Waals surface area contributed by atoms with Gasteiger partial charge in [0.1, 0.15) is 4.90 Å². The van der Waals surface area contributed by atoms with E-state index >= 15 is 0 Å². The Morgan fingerprint density at radius 3 is 2.61 bits per heavy atom. The van der Waals surface area contributed by atoms with Crippen molar-refractivity contribution < 1.29 is 12.8 Å². The molecule has 144 valence electrons. The van der Waals surface area contributed by atoms with Crippen molar-refractivity contribution in [3.8, 4) is 5.69 Å². The number of nitrogens with one attached hydrogen (secondary N) is 1. The molecule has 28 heavy (non-hydrogen) atoms. The van der Waals surface area contributed by atoms with Crippen LogP contribution in [-0.4, -0.2) is 22.5 Å². The Bertz CT molecular complexity index is 1360. The molecule has 0 amide bonds. The maximum atomic E-state index is 12.8. The fraction of sp³-hybridized carbons (Fsp3) is 0.0588. The van der Waals surface area contributed by atoms with Gasteiger partial charge in [0.2, 0.25) is 0 Å². The molecule has 2 aromatic carbocycles. The fourth-order valence-electron chi connectivity index (χ4n) is 2.73. The molecule has 0 aliphatic rings. The van der Waals surface area contributed by atoms with Crippen LogP contribution in [0.1, 0.15) is 0 Å². The van der Waals surface area contributed by atoms with E-state index in [1.165, 1.54) is 29.8 Å². The highest BCUT2D eigenvalue weighted by molar-refractivity contribution is 7.92. The average Bonchev–Trinajstić information content (AvgIpc) is 3.24. The van der Waals surface area contributed by atoms with Crippen LogP contribution >= 0.6 is 23.2 Å². The number of aromatic nitrogens is 3. The number of hydrogen-bond donors (Lipinski definition) is 1. The van der Waals surface area contributed by atoms with Gasteiger partial charge >= 0.3 is 5.76 Å². The topological polar surface area (TPSA) is 99.1 Å². The zero-order valence-corrected chi connectivity index (χ0v) is 16.6. The number of oxazole rings is 1. The molecule has 4 aromatic rings. The number of aryl methyl sites for hydroxylation is 1. The minimum Gasteiger partial charge on any atom is -0.408 e. The van der Waals surface area contributed by atoms with Crippen LogP contribution in [-0.2, 0) is 17.1 Å². The van der Waals surface area contributed by atoms with Crippen molar-refractivity contribution in [1.29, 1.82) is 0 Å². The largest absolute Gasteiger partial charge is 0.419 e. The Balaban J connectivity index is 1.72. The van der Waals surface area contributed by atoms with Gasteiger partial charge in [0, 0.05) is 25.5 Å². The van der Waals surface area contributed by atoms with E-state index in [0.717, 1.165) is 0 Å². The molecule has 0 saturated heterocycles. The molecule has 0 fully saturated rings. The van der Waals surface area contributed by atoms with E-state index in [4.69, 9.17) is 27.6 Å². The second-order valence-corrected chi connectivity index (χ2v) is 8.38. The van der Waals surface area contributed by atoms with Crippen LogP contribution in [0.2, 0.25) is 10.0 Å². The van der Waals surface area contributed by atoms with Crippen molar-refractivity contribution >= 4 is 50.0 Å². The SMILES string of the molecule is Cn1c(=O)oc2cc(S(=O)(=O)Nc3ccc(-n4ccnc4)c(Cl)c3)c(Cl)cc21. The van der Waals surface area contributed by atoms with Crippen molar-refractivity contribution in [1.82, 2.24) is 14.1 Å². The maximum Gasteiger partial charge on any atom is 0.419 e. The van der Waals surface area contributed by atoms with Crippen LogP contribution < -0.4 is 10.5 Å². The second-order valence-electron chi connectivity index (χ2n) is 5.92. The Kier molecular flexibility index (Phi) is 4.45. The van der Waals surface area contributed by atoms with E-state index in [9.17, 15) is 13.2 Å². The number of rotatable bonds is 4. The van der Waals surface area contributed by atoms with Gasteiger partial charge in [-0.2, -0.15) is 0 Å². The molecule has 0 saturated carbocycles. The molecule has 2 aromatic heterocycles. The van der Waals surface area contributed by atoms with Gasteiger partial charge in [0.25, 0.3) is 10.0 Å². The molecule has 0 unspecified atom stereocenters. The number of nitrogens with zero attached hydrogens (tertiary/aromatic N) is 3.